The van der Waals surface area contributed by atoms with Crippen molar-refractivity contribution in [3.8, 4) is 5.75 Å². The minimum absolute atomic E-state index is 0.0578. The van der Waals surface area contributed by atoms with Crippen molar-refractivity contribution in [3.63, 3.8) is 0 Å². The van der Waals surface area contributed by atoms with E-state index < -0.39 is 23.4 Å². The van der Waals surface area contributed by atoms with Crippen LogP contribution in [0.5, 0.6) is 5.75 Å². The van der Waals surface area contributed by atoms with Crippen LogP contribution >= 0.6 is 0 Å². The molecule has 0 bridgehead atoms. The lowest BCUT2D eigenvalue weighted by molar-refractivity contribution is -0.137. The minimum Gasteiger partial charge on any atom is -0.495 e. The van der Waals surface area contributed by atoms with Crippen molar-refractivity contribution in [2.75, 3.05) is 24.8 Å². The molecular formula is C14H12F4N4O2. The van der Waals surface area contributed by atoms with E-state index >= 15 is 0 Å². The zero-order valence-electron chi connectivity index (χ0n) is 12.5. The third kappa shape index (κ3) is 3.53. The maximum Gasteiger partial charge on any atom is 0.421 e. The van der Waals surface area contributed by atoms with Gasteiger partial charge < -0.3 is 15.4 Å². The number of nitrogens with one attached hydrogen (secondary N) is 2. The van der Waals surface area contributed by atoms with Gasteiger partial charge in [0.15, 0.2) is 6.29 Å². The van der Waals surface area contributed by atoms with Crippen molar-refractivity contribution in [1.29, 1.82) is 0 Å². The summed E-state index contributed by atoms with van der Waals surface area (Å²) in [5.41, 5.74) is -1.20. The summed E-state index contributed by atoms with van der Waals surface area (Å²) in [6.45, 7) is 0. The van der Waals surface area contributed by atoms with Gasteiger partial charge in [-0.25, -0.2) is 9.37 Å². The molecule has 0 spiro atoms. The summed E-state index contributed by atoms with van der Waals surface area (Å²) in [6.07, 6.45) is -3.70. The normalized spacial score (nSPS) is 11.1. The molecule has 0 amide bonds. The molecule has 0 aliphatic heterocycles. The molecule has 24 heavy (non-hydrogen) atoms. The van der Waals surface area contributed by atoms with Crippen LogP contribution in [0.15, 0.2) is 18.3 Å². The highest BCUT2D eigenvalue weighted by Gasteiger charge is 2.35. The molecule has 2 N–H and O–H groups in total. The fraction of sp³-hybridized carbons (Fsp3) is 0.214. The molecule has 1 aromatic carbocycles. The van der Waals surface area contributed by atoms with Crippen molar-refractivity contribution < 1.29 is 27.1 Å². The van der Waals surface area contributed by atoms with E-state index in [-0.39, 0.29) is 22.9 Å². The van der Waals surface area contributed by atoms with Gasteiger partial charge in [-0.05, 0) is 6.07 Å². The third-order valence-electron chi connectivity index (χ3n) is 3.02. The number of carbonyl (C=O) groups is 1. The number of ether oxygens (including phenoxy) is 1. The zero-order valence-corrected chi connectivity index (χ0v) is 12.5. The van der Waals surface area contributed by atoms with E-state index in [0.717, 1.165) is 12.1 Å². The standard InChI is InChI=1S/C14H12F4N4O2/c1-19-12-8(14(16,17)18)5-20-13(22-12)21-10-4-9(15)7(6-23)3-11(10)24-2/h3-6H,1-2H3,(H2,19,20,21,22). The molecule has 1 aromatic heterocycles. The van der Waals surface area contributed by atoms with Gasteiger partial charge in [0.25, 0.3) is 0 Å². The molecule has 0 radical (unpaired) electrons. The van der Waals surface area contributed by atoms with Crippen LogP contribution in [0.3, 0.4) is 0 Å². The number of aromatic nitrogens is 2. The Balaban J connectivity index is 2.41. The number of methoxy groups -OCH3 is 1. The Morgan fingerprint density at radius 2 is 2.00 bits per heavy atom. The monoisotopic (exact) mass is 344 g/mol. The van der Waals surface area contributed by atoms with Crippen LogP contribution < -0.4 is 15.4 Å². The average Bonchev–Trinajstić information content (AvgIpc) is 2.54. The summed E-state index contributed by atoms with van der Waals surface area (Å²) in [5.74, 6) is -1.37. The molecule has 0 unspecified atom stereocenters. The van der Waals surface area contributed by atoms with Gasteiger partial charge in [-0.3, -0.25) is 4.79 Å². The predicted octanol–water partition coefficient (Wildman–Crippen LogP) is 3.24. The van der Waals surface area contributed by atoms with Gasteiger partial charge in [-0.2, -0.15) is 18.2 Å². The highest BCUT2D eigenvalue weighted by molar-refractivity contribution is 5.79. The first-order chi connectivity index (χ1) is 11.3. The van der Waals surface area contributed by atoms with Crippen molar-refractivity contribution in [1.82, 2.24) is 9.97 Å². The number of hydrogen-bond donors (Lipinski definition) is 2. The van der Waals surface area contributed by atoms with Crippen molar-refractivity contribution in [2.45, 2.75) is 6.18 Å². The van der Waals surface area contributed by atoms with E-state index in [1.54, 1.807) is 0 Å². The van der Waals surface area contributed by atoms with E-state index in [2.05, 4.69) is 20.6 Å². The number of aldehydes is 1. The van der Waals surface area contributed by atoms with E-state index in [1.165, 1.54) is 14.2 Å². The van der Waals surface area contributed by atoms with Gasteiger partial charge in [0.05, 0.1) is 18.4 Å². The number of hydrogen-bond acceptors (Lipinski definition) is 6. The molecule has 1 heterocycles. The van der Waals surface area contributed by atoms with E-state index in [1.807, 2.05) is 0 Å². The lowest BCUT2D eigenvalue weighted by atomic mass is 10.2. The SMILES string of the molecule is CNc1nc(Nc2cc(F)c(C=O)cc2OC)ncc1C(F)(F)F. The second-order valence-corrected chi connectivity index (χ2v) is 4.52. The first-order valence-corrected chi connectivity index (χ1v) is 6.52. The van der Waals surface area contributed by atoms with Crippen molar-refractivity contribution in [2.24, 2.45) is 0 Å². The fourth-order valence-corrected chi connectivity index (χ4v) is 1.89. The maximum atomic E-state index is 13.7. The second kappa shape index (κ2) is 6.69. The largest absolute Gasteiger partial charge is 0.495 e. The molecule has 0 saturated carbocycles. The molecule has 0 aliphatic carbocycles. The minimum atomic E-state index is -4.62. The Morgan fingerprint density at radius 3 is 2.54 bits per heavy atom. The van der Waals surface area contributed by atoms with Crippen LogP contribution in [0.2, 0.25) is 0 Å². The Bertz CT molecular complexity index is 765. The molecule has 2 aromatic rings. The Hall–Kier alpha value is -2.91. The van der Waals surface area contributed by atoms with Gasteiger partial charge in [0.2, 0.25) is 5.95 Å². The first-order valence-electron chi connectivity index (χ1n) is 6.52. The molecule has 0 saturated heterocycles. The molecule has 128 valence electrons. The van der Waals surface area contributed by atoms with Crippen LogP contribution in [-0.2, 0) is 6.18 Å². The second-order valence-electron chi connectivity index (χ2n) is 4.52. The molecule has 0 atom stereocenters. The third-order valence-corrected chi connectivity index (χ3v) is 3.02. The average molecular weight is 344 g/mol. The Kier molecular flexibility index (Phi) is 4.86. The molecule has 0 aliphatic rings. The van der Waals surface area contributed by atoms with Gasteiger partial charge in [0.1, 0.15) is 22.9 Å². The molecule has 2 rings (SSSR count). The van der Waals surface area contributed by atoms with Crippen LogP contribution in [0.25, 0.3) is 0 Å². The molecule has 6 nitrogen and oxygen atoms in total. The number of rotatable bonds is 5. The first kappa shape index (κ1) is 17.4. The molecular weight excluding hydrogens is 332 g/mol. The van der Waals surface area contributed by atoms with Gasteiger partial charge in [-0.15, -0.1) is 0 Å². The fourth-order valence-electron chi connectivity index (χ4n) is 1.89. The number of anilines is 3. The smallest absolute Gasteiger partial charge is 0.421 e. The van der Waals surface area contributed by atoms with Crippen LogP contribution in [0, 0.1) is 5.82 Å². The zero-order chi connectivity index (χ0) is 17.9. The summed E-state index contributed by atoms with van der Waals surface area (Å²) >= 11 is 0. The lowest BCUT2D eigenvalue weighted by Gasteiger charge is -2.14. The van der Waals surface area contributed by atoms with Crippen molar-refractivity contribution in [3.05, 3.63) is 35.3 Å². The van der Waals surface area contributed by atoms with Gasteiger partial charge in [-0.1, -0.05) is 0 Å². The molecule has 10 heteroatoms. The van der Waals surface area contributed by atoms with Crippen molar-refractivity contribution >= 4 is 23.7 Å². The summed E-state index contributed by atoms with van der Waals surface area (Å²) < 4.78 is 57.1. The topological polar surface area (TPSA) is 76.1 Å². The number of carbonyl (C=O) groups excluding carboxylic acids is 1. The summed E-state index contributed by atoms with van der Waals surface area (Å²) in [7, 11) is 2.57. The summed E-state index contributed by atoms with van der Waals surface area (Å²) in [5, 5.41) is 4.88. The quantitative estimate of drug-likeness (QED) is 0.641. The highest BCUT2D eigenvalue weighted by Crippen LogP contribution is 2.34. The van der Waals surface area contributed by atoms with Crippen LogP contribution in [-0.4, -0.2) is 30.4 Å². The number of alkyl halides is 3. The van der Waals surface area contributed by atoms with Crippen LogP contribution in [0.1, 0.15) is 15.9 Å². The Labute approximate surface area is 133 Å². The van der Waals surface area contributed by atoms with E-state index in [4.69, 9.17) is 4.74 Å². The Morgan fingerprint density at radius 1 is 1.29 bits per heavy atom. The van der Waals surface area contributed by atoms with Gasteiger partial charge >= 0.3 is 6.18 Å². The van der Waals surface area contributed by atoms with Gasteiger partial charge in [0, 0.05) is 19.3 Å². The van der Waals surface area contributed by atoms with E-state index in [9.17, 15) is 22.4 Å². The number of halogens is 4. The molecule has 0 fully saturated rings. The summed E-state index contributed by atoms with van der Waals surface area (Å²) in [4.78, 5) is 18.0. The summed E-state index contributed by atoms with van der Waals surface area (Å²) in [6, 6.07) is 2.11. The van der Waals surface area contributed by atoms with E-state index in [0.29, 0.717) is 12.5 Å². The number of benzene rings is 1. The lowest BCUT2D eigenvalue weighted by Crippen LogP contribution is -2.12. The van der Waals surface area contributed by atoms with Crippen LogP contribution in [0.4, 0.5) is 35.0 Å². The number of nitrogens with zero attached hydrogens (tertiary/aromatic N) is 2. The highest BCUT2D eigenvalue weighted by atomic mass is 19.4. The maximum absolute atomic E-state index is 13.7. The predicted molar refractivity (Wildman–Crippen MR) is 78.2 cm³/mol.